The molecule has 1 amide bonds. The second kappa shape index (κ2) is 9.76. The minimum absolute atomic E-state index is 0.222. The zero-order chi connectivity index (χ0) is 23.4. The fourth-order valence-corrected chi connectivity index (χ4v) is 3.32. The number of nitrogens with zero attached hydrogens (tertiary/aromatic N) is 4. The van der Waals surface area contributed by atoms with E-state index in [1.54, 1.807) is 41.2 Å². The Labute approximate surface area is 194 Å². The summed E-state index contributed by atoms with van der Waals surface area (Å²) in [4.78, 5) is 25.5. The fourth-order valence-electron chi connectivity index (χ4n) is 3.12. The van der Waals surface area contributed by atoms with Crippen molar-refractivity contribution in [3.8, 4) is 5.82 Å². The molecule has 4 aromatic rings. The smallest absolute Gasteiger partial charge is 0.271 e. The van der Waals surface area contributed by atoms with Gasteiger partial charge in [-0.1, -0.05) is 23.7 Å². The van der Waals surface area contributed by atoms with Gasteiger partial charge in [-0.25, -0.2) is 14.4 Å². The standard InChI is InChI=1S/C23H21ClFN7O/c1-14-10-28-23(30-18-7-5-17(25)6-8-18)31-21(14)32-12-20(29-13-32)22(33)27-11-19(26)15-3-2-4-16(24)9-15/h2-10,12-13,19H,11,26H2,1H3,(H,27,33)(H,28,30,31)/t19-/m0/s1. The van der Waals surface area contributed by atoms with E-state index in [1.807, 2.05) is 19.1 Å². The predicted molar refractivity (Wildman–Crippen MR) is 124 cm³/mol. The molecule has 10 heteroatoms. The van der Waals surface area contributed by atoms with Gasteiger partial charge in [-0.15, -0.1) is 0 Å². The molecule has 0 spiro atoms. The van der Waals surface area contributed by atoms with Crippen LogP contribution in [-0.2, 0) is 0 Å². The molecule has 0 aliphatic rings. The molecule has 0 bridgehead atoms. The van der Waals surface area contributed by atoms with Crippen molar-refractivity contribution in [2.75, 3.05) is 11.9 Å². The molecule has 0 saturated heterocycles. The summed E-state index contributed by atoms with van der Waals surface area (Å²) in [6.07, 6.45) is 4.73. The molecule has 4 N–H and O–H groups in total. The molecule has 168 valence electrons. The first-order valence-corrected chi connectivity index (χ1v) is 10.5. The van der Waals surface area contributed by atoms with Crippen molar-refractivity contribution in [2.24, 2.45) is 5.73 Å². The number of nitrogens with one attached hydrogen (secondary N) is 2. The van der Waals surface area contributed by atoms with Gasteiger partial charge in [0.15, 0.2) is 0 Å². The van der Waals surface area contributed by atoms with E-state index in [0.717, 1.165) is 11.1 Å². The normalized spacial score (nSPS) is 11.8. The van der Waals surface area contributed by atoms with Gasteiger partial charge in [-0.2, -0.15) is 4.98 Å². The molecule has 2 heterocycles. The first-order valence-electron chi connectivity index (χ1n) is 10.1. The average Bonchev–Trinajstić information content (AvgIpc) is 3.30. The minimum Gasteiger partial charge on any atom is -0.349 e. The summed E-state index contributed by atoms with van der Waals surface area (Å²) in [6, 6.07) is 12.7. The average molecular weight is 466 g/mol. The van der Waals surface area contributed by atoms with Crippen LogP contribution in [0.3, 0.4) is 0 Å². The van der Waals surface area contributed by atoms with E-state index in [9.17, 15) is 9.18 Å². The molecule has 1 atom stereocenters. The molecule has 4 rings (SSSR count). The molecule has 0 fully saturated rings. The predicted octanol–water partition coefficient (Wildman–Crippen LogP) is 3.94. The summed E-state index contributed by atoms with van der Waals surface area (Å²) in [7, 11) is 0. The van der Waals surface area contributed by atoms with E-state index >= 15 is 0 Å². The number of anilines is 2. The van der Waals surface area contributed by atoms with Crippen molar-refractivity contribution in [3.63, 3.8) is 0 Å². The van der Waals surface area contributed by atoms with E-state index < -0.39 is 6.04 Å². The summed E-state index contributed by atoms with van der Waals surface area (Å²) in [6.45, 7) is 2.07. The van der Waals surface area contributed by atoms with E-state index in [-0.39, 0.29) is 24.0 Å². The van der Waals surface area contributed by atoms with Gasteiger partial charge in [0.05, 0.1) is 0 Å². The Morgan fingerprint density at radius 1 is 1.21 bits per heavy atom. The maximum atomic E-state index is 13.1. The minimum atomic E-state index is -0.404. The van der Waals surface area contributed by atoms with Crippen LogP contribution >= 0.6 is 11.6 Å². The van der Waals surface area contributed by atoms with Gasteiger partial charge in [0.1, 0.15) is 23.7 Å². The Kier molecular flexibility index (Phi) is 6.62. The maximum Gasteiger partial charge on any atom is 0.271 e. The summed E-state index contributed by atoms with van der Waals surface area (Å²) in [5.41, 5.74) is 8.63. The number of carbonyl (C=O) groups is 1. The van der Waals surface area contributed by atoms with Crippen LogP contribution in [0.5, 0.6) is 0 Å². The van der Waals surface area contributed by atoms with Crippen molar-refractivity contribution in [2.45, 2.75) is 13.0 Å². The highest BCUT2D eigenvalue weighted by atomic mass is 35.5. The summed E-state index contributed by atoms with van der Waals surface area (Å²) < 4.78 is 14.8. The molecule has 33 heavy (non-hydrogen) atoms. The number of nitrogens with two attached hydrogens (primary N) is 1. The number of aryl methyl sites for hydroxylation is 1. The third kappa shape index (κ3) is 5.51. The van der Waals surface area contributed by atoms with Gasteiger partial charge in [0, 0.05) is 41.3 Å². The molecule has 0 unspecified atom stereocenters. The quantitative estimate of drug-likeness (QED) is 0.381. The molecule has 8 nitrogen and oxygen atoms in total. The van der Waals surface area contributed by atoms with Crippen LogP contribution in [-0.4, -0.2) is 32.0 Å². The lowest BCUT2D eigenvalue weighted by Crippen LogP contribution is -2.32. The summed E-state index contributed by atoms with van der Waals surface area (Å²) in [5.74, 6) is 0.192. The molecule has 0 aliphatic carbocycles. The van der Waals surface area contributed by atoms with Crippen molar-refractivity contribution >= 4 is 29.1 Å². The van der Waals surface area contributed by atoms with Gasteiger partial charge in [-0.3, -0.25) is 9.36 Å². The number of rotatable bonds is 7. The van der Waals surface area contributed by atoms with E-state index in [0.29, 0.717) is 22.5 Å². The highest BCUT2D eigenvalue weighted by molar-refractivity contribution is 6.30. The number of amides is 1. The second-order valence-corrected chi connectivity index (χ2v) is 7.81. The Morgan fingerprint density at radius 3 is 2.76 bits per heavy atom. The molecule has 0 aliphatic heterocycles. The van der Waals surface area contributed by atoms with Crippen molar-refractivity contribution in [1.29, 1.82) is 0 Å². The molecular formula is C23H21ClFN7O. The first-order chi connectivity index (χ1) is 15.9. The molecule has 0 saturated carbocycles. The highest BCUT2D eigenvalue weighted by Gasteiger charge is 2.14. The fraction of sp³-hybridized carbons (Fsp3) is 0.130. The number of benzene rings is 2. The maximum absolute atomic E-state index is 13.1. The summed E-state index contributed by atoms with van der Waals surface area (Å²) >= 11 is 6.00. The van der Waals surface area contributed by atoms with Crippen LogP contribution < -0.4 is 16.4 Å². The number of halogens is 2. The largest absolute Gasteiger partial charge is 0.349 e. The van der Waals surface area contributed by atoms with E-state index in [2.05, 4.69) is 25.6 Å². The number of carbonyl (C=O) groups excluding carboxylic acids is 1. The number of hydrogen-bond acceptors (Lipinski definition) is 6. The summed E-state index contributed by atoms with van der Waals surface area (Å²) in [5, 5.41) is 6.40. The zero-order valence-corrected chi connectivity index (χ0v) is 18.4. The number of hydrogen-bond donors (Lipinski definition) is 3. The number of aromatic nitrogens is 4. The van der Waals surface area contributed by atoms with Crippen LogP contribution in [0.2, 0.25) is 5.02 Å². The molecule has 0 radical (unpaired) electrons. The zero-order valence-electron chi connectivity index (χ0n) is 17.7. The van der Waals surface area contributed by atoms with Crippen molar-refractivity contribution < 1.29 is 9.18 Å². The second-order valence-electron chi connectivity index (χ2n) is 7.37. The van der Waals surface area contributed by atoms with Crippen molar-refractivity contribution in [3.05, 3.63) is 94.9 Å². The van der Waals surface area contributed by atoms with Crippen LogP contribution in [0.4, 0.5) is 16.0 Å². The third-order valence-corrected chi connectivity index (χ3v) is 5.10. The molecule has 2 aromatic carbocycles. The van der Waals surface area contributed by atoms with Gasteiger partial charge in [-0.05, 0) is 48.9 Å². The van der Waals surface area contributed by atoms with Crippen LogP contribution in [0.15, 0.2) is 67.3 Å². The van der Waals surface area contributed by atoms with Crippen LogP contribution in [0.25, 0.3) is 5.82 Å². The van der Waals surface area contributed by atoms with Gasteiger partial charge < -0.3 is 16.4 Å². The Bertz CT molecular complexity index is 1280. The van der Waals surface area contributed by atoms with Crippen molar-refractivity contribution in [1.82, 2.24) is 24.8 Å². The molecule has 2 aromatic heterocycles. The van der Waals surface area contributed by atoms with E-state index in [1.165, 1.54) is 18.5 Å². The Hall–Kier alpha value is -3.82. The SMILES string of the molecule is Cc1cnc(Nc2ccc(F)cc2)nc1-n1cnc(C(=O)NC[C@H](N)c2cccc(Cl)c2)c1. The Balaban J connectivity index is 1.45. The van der Waals surface area contributed by atoms with Gasteiger partial charge in [0.2, 0.25) is 5.95 Å². The molecular weight excluding hydrogens is 445 g/mol. The first kappa shape index (κ1) is 22.4. The van der Waals surface area contributed by atoms with Gasteiger partial charge >= 0.3 is 0 Å². The lowest BCUT2D eigenvalue weighted by molar-refractivity contribution is 0.0946. The highest BCUT2D eigenvalue weighted by Crippen LogP contribution is 2.18. The number of imidazole rings is 1. The van der Waals surface area contributed by atoms with Crippen LogP contribution in [0.1, 0.15) is 27.7 Å². The third-order valence-electron chi connectivity index (χ3n) is 4.86. The van der Waals surface area contributed by atoms with Crippen LogP contribution in [0, 0.1) is 12.7 Å². The monoisotopic (exact) mass is 465 g/mol. The topological polar surface area (TPSA) is 111 Å². The lowest BCUT2D eigenvalue weighted by atomic mass is 10.1. The Morgan fingerprint density at radius 2 is 2.00 bits per heavy atom. The van der Waals surface area contributed by atoms with Gasteiger partial charge in [0.25, 0.3) is 5.91 Å². The van der Waals surface area contributed by atoms with E-state index in [4.69, 9.17) is 17.3 Å². The lowest BCUT2D eigenvalue weighted by Gasteiger charge is -2.13.